The Morgan fingerprint density at radius 1 is 1.17 bits per heavy atom. The number of ether oxygens (including phenoxy) is 1. The highest BCUT2D eigenvalue weighted by molar-refractivity contribution is 6.21. The zero-order valence-corrected chi connectivity index (χ0v) is 14.6. The first-order chi connectivity index (χ1) is 11.7. The van der Waals surface area contributed by atoms with Crippen LogP contribution in [0.3, 0.4) is 0 Å². The van der Waals surface area contributed by atoms with E-state index in [1.54, 1.807) is 12.1 Å². The lowest BCUT2D eigenvalue weighted by Crippen LogP contribution is -3.20. The van der Waals surface area contributed by atoms with E-state index in [-0.39, 0.29) is 17.9 Å². The summed E-state index contributed by atoms with van der Waals surface area (Å²) < 4.78 is 5.43. The van der Waals surface area contributed by atoms with Gasteiger partial charge in [0.25, 0.3) is 5.91 Å². The van der Waals surface area contributed by atoms with Gasteiger partial charge in [0, 0.05) is 0 Å². The molecule has 24 heavy (non-hydrogen) atoms. The molecule has 2 aliphatic rings. The van der Waals surface area contributed by atoms with Crippen LogP contribution >= 0.6 is 0 Å². The third kappa shape index (κ3) is 3.18. The first-order valence-electron chi connectivity index (χ1n) is 9.11. The summed E-state index contributed by atoms with van der Waals surface area (Å²) in [6.45, 7) is 5.71. The number of benzene rings is 1. The number of nitrogens with one attached hydrogen (secondary N) is 1. The van der Waals surface area contributed by atoms with E-state index in [1.165, 1.54) is 16.2 Å². The minimum absolute atomic E-state index is 0.0421. The fourth-order valence-corrected chi connectivity index (χ4v) is 4.09. The molecule has 1 N–H and O–H groups in total. The van der Waals surface area contributed by atoms with Gasteiger partial charge in [-0.2, -0.15) is 0 Å². The van der Waals surface area contributed by atoms with Crippen molar-refractivity contribution in [2.75, 3.05) is 18.1 Å². The lowest BCUT2D eigenvalue weighted by Gasteiger charge is -2.35. The van der Waals surface area contributed by atoms with Crippen LogP contribution in [0.15, 0.2) is 24.3 Å². The average molecular weight is 331 g/mol. The van der Waals surface area contributed by atoms with Gasteiger partial charge in [-0.05, 0) is 56.9 Å². The van der Waals surface area contributed by atoms with Crippen LogP contribution in [0.4, 0.5) is 5.69 Å². The standard InChI is InChI=1S/C19H26N2O3/c1-3-14-7-5-6-12-20(14)17-13-18(22)21(19(17)23)15-8-10-16(11-9-15)24-4-2/h8-11,14,17H,3-7,12-13H2,1-2H3/p+1/t14-,17-/m1/s1. The number of likely N-dealkylation sites (tertiary alicyclic amines) is 1. The summed E-state index contributed by atoms with van der Waals surface area (Å²) in [4.78, 5) is 28.1. The topological polar surface area (TPSA) is 51.0 Å². The largest absolute Gasteiger partial charge is 0.494 e. The Bertz CT molecular complexity index is 599. The smallest absolute Gasteiger partial charge is 0.292 e. The van der Waals surface area contributed by atoms with Gasteiger partial charge in [0.15, 0.2) is 6.04 Å². The highest BCUT2D eigenvalue weighted by Crippen LogP contribution is 2.25. The molecule has 0 radical (unpaired) electrons. The van der Waals surface area contributed by atoms with E-state index in [0.717, 1.165) is 31.6 Å². The number of imide groups is 1. The van der Waals surface area contributed by atoms with Gasteiger partial charge in [-0.3, -0.25) is 9.59 Å². The van der Waals surface area contributed by atoms with Gasteiger partial charge in [-0.25, -0.2) is 4.90 Å². The van der Waals surface area contributed by atoms with Crippen LogP contribution < -0.4 is 14.5 Å². The molecule has 0 saturated carbocycles. The number of rotatable bonds is 5. The number of amides is 2. The van der Waals surface area contributed by atoms with Gasteiger partial charge in [0.2, 0.25) is 5.91 Å². The van der Waals surface area contributed by atoms with Crippen molar-refractivity contribution >= 4 is 17.5 Å². The molecular weight excluding hydrogens is 304 g/mol. The molecule has 1 aromatic rings. The summed E-state index contributed by atoms with van der Waals surface area (Å²) in [6.07, 6.45) is 4.94. The molecule has 0 aromatic heterocycles. The molecule has 0 aliphatic carbocycles. The Balaban J connectivity index is 1.78. The number of carbonyl (C=O) groups excluding carboxylic acids is 2. The molecule has 2 fully saturated rings. The van der Waals surface area contributed by atoms with E-state index >= 15 is 0 Å². The monoisotopic (exact) mass is 331 g/mol. The summed E-state index contributed by atoms with van der Waals surface area (Å²) in [5, 5.41) is 0. The molecule has 2 amide bonds. The molecule has 0 bridgehead atoms. The van der Waals surface area contributed by atoms with E-state index < -0.39 is 0 Å². The summed E-state index contributed by atoms with van der Waals surface area (Å²) in [6, 6.07) is 7.51. The maximum Gasteiger partial charge on any atom is 0.292 e. The van der Waals surface area contributed by atoms with Gasteiger partial charge in [0.05, 0.1) is 31.3 Å². The predicted octanol–water partition coefficient (Wildman–Crippen LogP) is 1.56. The van der Waals surface area contributed by atoms with E-state index in [0.29, 0.717) is 24.8 Å². The Hall–Kier alpha value is -1.88. The normalized spacial score (nSPS) is 27.6. The zero-order valence-electron chi connectivity index (χ0n) is 14.6. The zero-order chi connectivity index (χ0) is 17.1. The van der Waals surface area contributed by atoms with Crippen molar-refractivity contribution in [1.29, 1.82) is 0 Å². The van der Waals surface area contributed by atoms with Crippen molar-refractivity contribution in [3.05, 3.63) is 24.3 Å². The Labute approximate surface area is 143 Å². The van der Waals surface area contributed by atoms with E-state index in [4.69, 9.17) is 4.74 Å². The maximum absolute atomic E-state index is 12.9. The van der Waals surface area contributed by atoms with Crippen LogP contribution in [0.2, 0.25) is 0 Å². The van der Waals surface area contributed by atoms with Crippen molar-refractivity contribution < 1.29 is 19.2 Å². The van der Waals surface area contributed by atoms with Gasteiger partial charge >= 0.3 is 0 Å². The summed E-state index contributed by atoms with van der Waals surface area (Å²) >= 11 is 0. The van der Waals surface area contributed by atoms with Gasteiger partial charge < -0.3 is 9.64 Å². The average Bonchev–Trinajstić information content (AvgIpc) is 2.90. The number of hydrogen-bond donors (Lipinski definition) is 1. The predicted molar refractivity (Wildman–Crippen MR) is 92.3 cm³/mol. The Kier molecular flexibility index (Phi) is 5.19. The van der Waals surface area contributed by atoms with Crippen molar-refractivity contribution in [2.45, 2.75) is 58.0 Å². The maximum atomic E-state index is 12.9. The van der Waals surface area contributed by atoms with Crippen LogP contribution in [0, 0.1) is 0 Å². The fourth-order valence-electron chi connectivity index (χ4n) is 4.09. The number of hydrogen-bond acceptors (Lipinski definition) is 3. The van der Waals surface area contributed by atoms with Gasteiger partial charge in [0.1, 0.15) is 5.75 Å². The molecule has 1 aromatic carbocycles. The number of piperidine rings is 1. The molecule has 3 rings (SSSR count). The van der Waals surface area contributed by atoms with Crippen molar-refractivity contribution in [3.63, 3.8) is 0 Å². The molecule has 5 heteroatoms. The molecule has 2 heterocycles. The highest BCUT2D eigenvalue weighted by Gasteiger charge is 2.47. The van der Waals surface area contributed by atoms with Crippen LogP contribution in [0.25, 0.3) is 0 Å². The van der Waals surface area contributed by atoms with E-state index in [2.05, 4.69) is 6.92 Å². The first-order valence-corrected chi connectivity index (χ1v) is 9.11. The minimum atomic E-state index is -0.214. The van der Waals surface area contributed by atoms with Crippen molar-refractivity contribution in [1.82, 2.24) is 0 Å². The number of nitrogens with zero attached hydrogens (tertiary/aromatic N) is 1. The van der Waals surface area contributed by atoms with Crippen LogP contribution in [-0.2, 0) is 9.59 Å². The van der Waals surface area contributed by atoms with Crippen LogP contribution in [0.5, 0.6) is 5.75 Å². The molecule has 1 unspecified atom stereocenters. The molecule has 130 valence electrons. The Morgan fingerprint density at radius 3 is 2.58 bits per heavy atom. The molecule has 5 nitrogen and oxygen atoms in total. The third-order valence-corrected chi connectivity index (χ3v) is 5.29. The van der Waals surface area contributed by atoms with E-state index in [1.807, 2.05) is 19.1 Å². The van der Waals surface area contributed by atoms with Crippen LogP contribution in [0.1, 0.15) is 46.0 Å². The van der Waals surface area contributed by atoms with Crippen molar-refractivity contribution in [2.24, 2.45) is 0 Å². The summed E-state index contributed by atoms with van der Waals surface area (Å²) in [7, 11) is 0. The van der Waals surface area contributed by atoms with E-state index in [9.17, 15) is 9.59 Å². The molecule has 3 atom stereocenters. The third-order valence-electron chi connectivity index (χ3n) is 5.29. The number of quaternary nitrogens is 1. The summed E-state index contributed by atoms with van der Waals surface area (Å²) in [5.74, 6) is 0.631. The first kappa shape index (κ1) is 17.0. The van der Waals surface area contributed by atoms with Crippen molar-refractivity contribution in [3.8, 4) is 5.75 Å². The lowest BCUT2D eigenvalue weighted by atomic mass is 9.97. The van der Waals surface area contributed by atoms with Gasteiger partial charge in [-0.15, -0.1) is 0 Å². The quantitative estimate of drug-likeness (QED) is 0.833. The second-order valence-corrected chi connectivity index (χ2v) is 6.68. The molecule has 0 spiro atoms. The van der Waals surface area contributed by atoms with Gasteiger partial charge in [-0.1, -0.05) is 6.92 Å². The number of anilines is 1. The molecule has 2 saturated heterocycles. The Morgan fingerprint density at radius 2 is 1.92 bits per heavy atom. The fraction of sp³-hybridized carbons (Fsp3) is 0.579. The summed E-state index contributed by atoms with van der Waals surface area (Å²) in [5.41, 5.74) is 0.653. The number of carbonyl (C=O) groups is 2. The SMILES string of the molecule is CCOc1ccc(N2C(=O)C[C@@H]([NH+]3CCCC[C@H]3CC)C2=O)cc1. The second-order valence-electron chi connectivity index (χ2n) is 6.68. The van der Waals surface area contributed by atoms with Crippen LogP contribution in [-0.4, -0.2) is 37.0 Å². The molecule has 2 aliphatic heterocycles. The molecular formula is C19H27N2O3+. The minimum Gasteiger partial charge on any atom is -0.494 e. The highest BCUT2D eigenvalue weighted by atomic mass is 16.5. The second kappa shape index (κ2) is 7.34. The lowest BCUT2D eigenvalue weighted by molar-refractivity contribution is -0.944.